The third kappa shape index (κ3) is 3.78. The van der Waals surface area contributed by atoms with Gasteiger partial charge in [0.2, 0.25) is 0 Å². The van der Waals surface area contributed by atoms with E-state index in [2.05, 4.69) is 39.9 Å². The second-order valence-corrected chi connectivity index (χ2v) is 5.88. The maximum absolute atomic E-state index is 11.8. The molecule has 1 aromatic carbocycles. The molecule has 112 valence electrons. The first-order chi connectivity index (χ1) is 10.3. The van der Waals surface area contributed by atoms with Gasteiger partial charge in [0.25, 0.3) is 0 Å². The predicted molar refractivity (Wildman–Crippen MR) is 85.4 cm³/mol. The molecule has 3 N–H and O–H groups in total. The topological polar surface area (TPSA) is 56.9 Å². The molecular weight excluding hydrogens is 262 g/mol. The Morgan fingerprint density at radius 3 is 2.90 bits per heavy atom. The van der Waals surface area contributed by atoms with Crippen molar-refractivity contribution in [3.63, 3.8) is 0 Å². The van der Waals surface area contributed by atoms with Gasteiger partial charge in [-0.05, 0) is 42.3 Å². The number of H-pyrrole nitrogens is 1. The smallest absolute Gasteiger partial charge is 0.315 e. The Bertz CT molecular complexity index is 599. The van der Waals surface area contributed by atoms with Crippen molar-refractivity contribution in [1.82, 2.24) is 15.6 Å². The van der Waals surface area contributed by atoms with Gasteiger partial charge in [-0.25, -0.2) is 4.79 Å². The van der Waals surface area contributed by atoms with E-state index in [0.717, 1.165) is 24.8 Å². The van der Waals surface area contributed by atoms with Crippen LogP contribution in [0.15, 0.2) is 30.5 Å². The van der Waals surface area contributed by atoms with Crippen LogP contribution in [0.25, 0.3) is 10.9 Å². The summed E-state index contributed by atoms with van der Waals surface area (Å²) in [5.41, 5.74) is 2.39. The number of rotatable bonds is 4. The number of hydrogen-bond donors (Lipinski definition) is 3. The van der Waals surface area contributed by atoms with Crippen LogP contribution in [-0.4, -0.2) is 23.6 Å². The molecule has 21 heavy (non-hydrogen) atoms. The van der Waals surface area contributed by atoms with Gasteiger partial charge in [-0.1, -0.05) is 31.4 Å². The highest BCUT2D eigenvalue weighted by Crippen LogP contribution is 2.17. The monoisotopic (exact) mass is 285 g/mol. The van der Waals surface area contributed by atoms with E-state index in [9.17, 15) is 4.79 Å². The van der Waals surface area contributed by atoms with Crippen LogP contribution in [0.2, 0.25) is 0 Å². The summed E-state index contributed by atoms with van der Waals surface area (Å²) in [7, 11) is 0. The van der Waals surface area contributed by atoms with Gasteiger partial charge in [0.05, 0.1) is 0 Å². The lowest BCUT2D eigenvalue weighted by Gasteiger charge is -2.22. The van der Waals surface area contributed by atoms with Crippen molar-refractivity contribution in [3.8, 4) is 0 Å². The number of benzene rings is 1. The van der Waals surface area contributed by atoms with E-state index in [-0.39, 0.29) is 6.03 Å². The van der Waals surface area contributed by atoms with Crippen LogP contribution < -0.4 is 10.6 Å². The molecule has 0 radical (unpaired) electrons. The molecule has 4 nitrogen and oxygen atoms in total. The second-order valence-electron chi connectivity index (χ2n) is 5.88. The number of hydrogen-bond acceptors (Lipinski definition) is 1. The van der Waals surface area contributed by atoms with Crippen LogP contribution in [0.1, 0.15) is 37.7 Å². The molecule has 0 aliphatic heterocycles. The van der Waals surface area contributed by atoms with E-state index in [4.69, 9.17) is 0 Å². The lowest BCUT2D eigenvalue weighted by molar-refractivity contribution is 0.233. The molecular formula is C17H23N3O. The van der Waals surface area contributed by atoms with Crippen molar-refractivity contribution in [2.45, 2.75) is 44.6 Å². The zero-order valence-electron chi connectivity index (χ0n) is 12.3. The van der Waals surface area contributed by atoms with E-state index in [1.54, 1.807) is 0 Å². The molecule has 1 fully saturated rings. The maximum atomic E-state index is 11.8. The Labute approximate surface area is 125 Å². The summed E-state index contributed by atoms with van der Waals surface area (Å²) < 4.78 is 0. The molecule has 0 spiro atoms. The normalized spacial score (nSPS) is 16.0. The Morgan fingerprint density at radius 2 is 2.05 bits per heavy atom. The third-order valence-corrected chi connectivity index (χ3v) is 4.26. The van der Waals surface area contributed by atoms with Crippen molar-refractivity contribution in [1.29, 1.82) is 0 Å². The maximum Gasteiger partial charge on any atom is 0.315 e. The molecule has 0 atom stereocenters. The largest absolute Gasteiger partial charge is 0.361 e. The van der Waals surface area contributed by atoms with E-state index in [1.807, 2.05) is 6.20 Å². The van der Waals surface area contributed by atoms with Gasteiger partial charge >= 0.3 is 6.03 Å². The highest BCUT2D eigenvalue weighted by Gasteiger charge is 2.15. The minimum absolute atomic E-state index is 0.0251. The first-order valence-electron chi connectivity index (χ1n) is 7.92. The van der Waals surface area contributed by atoms with Crippen LogP contribution in [0, 0.1) is 0 Å². The fourth-order valence-corrected chi connectivity index (χ4v) is 3.05. The minimum atomic E-state index is -0.0251. The zero-order chi connectivity index (χ0) is 14.5. The predicted octanol–water partition coefficient (Wildman–Crippen LogP) is 3.34. The van der Waals surface area contributed by atoms with Crippen LogP contribution in [-0.2, 0) is 6.42 Å². The van der Waals surface area contributed by atoms with Gasteiger partial charge in [0.1, 0.15) is 0 Å². The highest BCUT2D eigenvalue weighted by molar-refractivity contribution is 5.79. The average molecular weight is 285 g/mol. The Balaban J connectivity index is 1.43. The molecule has 0 saturated heterocycles. The first-order valence-corrected chi connectivity index (χ1v) is 7.92. The molecule has 2 aromatic rings. The first kappa shape index (κ1) is 14.0. The van der Waals surface area contributed by atoms with E-state index >= 15 is 0 Å². The quantitative estimate of drug-likeness (QED) is 0.793. The zero-order valence-corrected chi connectivity index (χ0v) is 12.3. The number of urea groups is 1. The molecule has 1 heterocycles. The van der Waals surface area contributed by atoms with Gasteiger partial charge in [0.15, 0.2) is 0 Å². The van der Waals surface area contributed by atoms with Crippen molar-refractivity contribution >= 4 is 16.9 Å². The number of nitrogens with one attached hydrogen (secondary N) is 3. The van der Waals surface area contributed by atoms with E-state index in [1.165, 1.54) is 30.2 Å². The van der Waals surface area contributed by atoms with E-state index in [0.29, 0.717) is 12.6 Å². The molecule has 1 aliphatic carbocycles. The number of aromatic nitrogens is 1. The molecule has 1 aromatic heterocycles. The summed E-state index contributed by atoms with van der Waals surface area (Å²) in [6.07, 6.45) is 8.83. The molecule has 4 heteroatoms. The molecule has 0 bridgehead atoms. The summed E-state index contributed by atoms with van der Waals surface area (Å²) in [4.78, 5) is 15.1. The number of fused-ring (bicyclic) bond motifs is 1. The minimum Gasteiger partial charge on any atom is -0.361 e. The third-order valence-electron chi connectivity index (χ3n) is 4.26. The van der Waals surface area contributed by atoms with Crippen molar-refractivity contribution < 1.29 is 4.79 Å². The Hall–Kier alpha value is -1.97. The molecule has 0 unspecified atom stereocenters. The number of aromatic amines is 1. The van der Waals surface area contributed by atoms with Gasteiger partial charge in [-0.3, -0.25) is 0 Å². The summed E-state index contributed by atoms with van der Waals surface area (Å²) >= 11 is 0. The lowest BCUT2D eigenvalue weighted by Crippen LogP contribution is -2.43. The van der Waals surface area contributed by atoms with Crippen molar-refractivity contribution in [2.24, 2.45) is 0 Å². The Kier molecular flexibility index (Phi) is 4.43. The van der Waals surface area contributed by atoms with Crippen LogP contribution in [0.3, 0.4) is 0 Å². The average Bonchev–Trinajstić information content (AvgIpc) is 2.96. The highest BCUT2D eigenvalue weighted by atomic mass is 16.2. The summed E-state index contributed by atoms with van der Waals surface area (Å²) in [6.45, 7) is 0.671. The standard InChI is InChI=1S/C17H23N3O/c21-17(20-15-4-2-1-3-5-15)19-10-8-13-6-7-14-9-11-18-16(14)12-13/h6-7,9,11-12,15,18H,1-5,8,10H2,(H2,19,20,21). The summed E-state index contributed by atoms with van der Waals surface area (Å²) in [6, 6.07) is 8.79. The van der Waals surface area contributed by atoms with Crippen molar-refractivity contribution in [3.05, 3.63) is 36.0 Å². The second kappa shape index (κ2) is 6.66. The molecule has 1 saturated carbocycles. The van der Waals surface area contributed by atoms with Gasteiger partial charge in [0, 0.05) is 24.3 Å². The van der Waals surface area contributed by atoms with Crippen LogP contribution in [0.4, 0.5) is 4.79 Å². The SMILES string of the molecule is O=C(NCCc1ccc2cc[nH]c2c1)NC1CCCCC1. The van der Waals surface area contributed by atoms with Gasteiger partial charge in [-0.15, -0.1) is 0 Å². The lowest BCUT2D eigenvalue weighted by atomic mass is 9.96. The van der Waals surface area contributed by atoms with E-state index < -0.39 is 0 Å². The fourth-order valence-electron chi connectivity index (χ4n) is 3.05. The van der Waals surface area contributed by atoms with Gasteiger partial charge in [-0.2, -0.15) is 0 Å². The summed E-state index contributed by atoms with van der Waals surface area (Å²) in [5.74, 6) is 0. The number of amides is 2. The molecule has 3 rings (SSSR count). The van der Waals surface area contributed by atoms with Crippen LogP contribution >= 0.6 is 0 Å². The molecule has 2 amide bonds. The number of carbonyl (C=O) groups excluding carboxylic acids is 1. The number of carbonyl (C=O) groups is 1. The fraction of sp³-hybridized carbons (Fsp3) is 0.471. The van der Waals surface area contributed by atoms with Gasteiger partial charge < -0.3 is 15.6 Å². The Morgan fingerprint density at radius 1 is 1.19 bits per heavy atom. The van der Waals surface area contributed by atoms with Crippen LogP contribution in [0.5, 0.6) is 0 Å². The molecule has 1 aliphatic rings. The van der Waals surface area contributed by atoms with Crippen molar-refractivity contribution in [2.75, 3.05) is 6.54 Å². The summed E-state index contributed by atoms with van der Waals surface area (Å²) in [5, 5.41) is 7.26.